The van der Waals surface area contributed by atoms with Gasteiger partial charge in [-0.05, 0) is 77.6 Å². The molecule has 0 bridgehead atoms. The molecule has 1 aromatic heterocycles. The Morgan fingerprint density at radius 1 is 0.974 bits per heavy atom. The Balaban J connectivity index is 1.53. The van der Waals surface area contributed by atoms with E-state index in [1.54, 1.807) is 0 Å². The van der Waals surface area contributed by atoms with Crippen LogP contribution in [0.15, 0.2) is 66.2 Å². The second-order valence-electron chi connectivity index (χ2n) is 11.5. The average Bonchev–Trinajstić information content (AvgIpc) is 3.45. The van der Waals surface area contributed by atoms with Crippen LogP contribution in [0.3, 0.4) is 0 Å². The van der Waals surface area contributed by atoms with E-state index in [4.69, 9.17) is 0 Å². The molecule has 39 heavy (non-hydrogen) atoms. The van der Waals surface area contributed by atoms with Gasteiger partial charge in [0.25, 0.3) is 5.78 Å². The number of H-pyrrole nitrogens is 1. The van der Waals surface area contributed by atoms with Crippen molar-refractivity contribution in [1.82, 2.24) is 9.97 Å². The van der Waals surface area contributed by atoms with Crippen molar-refractivity contribution in [2.45, 2.75) is 57.9 Å². The molecule has 0 radical (unpaired) electrons. The number of hydrogen-bond donors (Lipinski definition) is 2. The number of carbonyl (C=O) groups excluding carboxylic acids is 2. The first-order chi connectivity index (χ1) is 18.6. The van der Waals surface area contributed by atoms with Crippen LogP contribution >= 0.6 is 0 Å². The maximum absolute atomic E-state index is 13.9. The van der Waals surface area contributed by atoms with Crippen molar-refractivity contribution in [1.29, 1.82) is 0 Å². The molecule has 2 heterocycles. The molecule has 7 heteroatoms. The van der Waals surface area contributed by atoms with Gasteiger partial charge in [-0.1, -0.05) is 57.2 Å². The number of aliphatic hydroxyl groups is 1. The molecule has 1 aliphatic heterocycles. The summed E-state index contributed by atoms with van der Waals surface area (Å²) in [6, 6.07) is 16.6. The van der Waals surface area contributed by atoms with Crippen LogP contribution in [0.2, 0.25) is 0 Å². The lowest BCUT2D eigenvalue weighted by Gasteiger charge is -2.25. The van der Waals surface area contributed by atoms with Crippen LogP contribution < -0.4 is 4.90 Å². The summed E-state index contributed by atoms with van der Waals surface area (Å²) in [5, 5.41) is 11.6. The number of carbonyl (C=O) groups is 2. The number of anilines is 1. The zero-order valence-electron chi connectivity index (χ0n) is 22.2. The molecule has 6 rings (SSSR count). The zero-order valence-corrected chi connectivity index (χ0v) is 22.2. The summed E-state index contributed by atoms with van der Waals surface area (Å²) in [5.74, 6) is -2.13. The predicted molar refractivity (Wildman–Crippen MR) is 149 cm³/mol. The van der Waals surface area contributed by atoms with E-state index < -0.39 is 23.5 Å². The molecule has 4 aromatic rings. The monoisotopic (exact) mass is 523 g/mol. The van der Waals surface area contributed by atoms with Gasteiger partial charge in [0.05, 0.1) is 22.6 Å². The molecule has 0 saturated carbocycles. The summed E-state index contributed by atoms with van der Waals surface area (Å²) in [6.07, 6.45) is 4.12. The van der Waals surface area contributed by atoms with Crippen molar-refractivity contribution in [2.24, 2.45) is 0 Å². The number of hydrogen-bond acceptors (Lipinski definition) is 4. The molecular weight excluding hydrogens is 493 g/mol. The fourth-order valence-corrected chi connectivity index (χ4v) is 5.65. The minimum absolute atomic E-state index is 0.00547. The fourth-order valence-electron chi connectivity index (χ4n) is 5.65. The molecular formula is C32H30FN3O3. The minimum atomic E-state index is -0.916. The fraction of sp³-hybridized carbons (Fsp3) is 0.281. The van der Waals surface area contributed by atoms with Gasteiger partial charge in [0, 0.05) is 5.56 Å². The number of aromatic amines is 1. The number of halogens is 1. The molecule has 0 spiro atoms. The summed E-state index contributed by atoms with van der Waals surface area (Å²) < 4.78 is 13.9. The number of ketones is 1. The highest BCUT2D eigenvalue weighted by atomic mass is 19.1. The quantitative estimate of drug-likeness (QED) is 0.182. The van der Waals surface area contributed by atoms with Gasteiger partial charge in [-0.2, -0.15) is 0 Å². The summed E-state index contributed by atoms with van der Waals surface area (Å²) in [4.78, 5) is 35.9. The van der Waals surface area contributed by atoms with E-state index >= 15 is 0 Å². The van der Waals surface area contributed by atoms with Gasteiger partial charge in [-0.25, -0.2) is 9.37 Å². The number of benzene rings is 3. The molecule has 198 valence electrons. The van der Waals surface area contributed by atoms with E-state index in [0.29, 0.717) is 22.2 Å². The molecule has 1 fully saturated rings. The number of fused-ring (bicyclic) bond motifs is 2. The van der Waals surface area contributed by atoms with Crippen molar-refractivity contribution in [3.8, 4) is 0 Å². The molecule has 2 aliphatic rings. The van der Waals surface area contributed by atoms with Gasteiger partial charge in [0.2, 0.25) is 5.95 Å². The van der Waals surface area contributed by atoms with Crippen molar-refractivity contribution in [2.75, 3.05) is 4.90 Å². The van der Waals surface area contributed by atoms with Crippen molar-refractivity contribution < 1.29 is 19.1 Å². The lowest BCUT2D eigenvalue weighted by Crippen LogP contribution is -2.30. The third-order valence-corrected chi connectivity index (χ3v) is 7.82. The van der Waals surface area contributed by atoms with Gasteiger partial charge in [-0.15, -0.1) is 0 Å². The lowest BCUT2D eigenvalue weighted by atomic mass is 9.85. The number of amides is 1. The number of Topliss-reactive ketones (excluding diaryl/α,β-unsaturated/α-hetero) is 1. The second kappa shape index (κ2) is 9.19. The van der Waals surface area contributed by atoms with E-state index in [1.165, 1.54) is 28.7 Å². The van der Waals surface area contributed by atoms with E-state index in [1.807, 2.05) is 42.5 Å². The average molecular weight is 524 g/mol. The number of aliphatic hydroxyl groups excluding tert-OH is 1. The Kier molecular flexibility index (Phi) is 5.90. The predicted octanol–water partition coefficient (Wildman–Crippen LogP) is 6.50. The molecule has 1 unspecified atom stereocenters. The summed E-state index contributed by atoms with van der Waals surface area (Å²) >= 11 is 0. The number of aryl methyl sites for hydroxylation is 2. The summed E-state index contributed by atoms with van der Waals surface area (Å²) in [6.45, 7) is 6.33. The van der Waals surface area contributed by atoms with Gasteiger partial charge < -0.3 is 10.1 Å². The Morgan fingerprint density at radius 3 is 2.41 bits per heavy atom. The van der Waals surface area contributed by atoms with Gasteiger partial charge >= 0.3 is 5.91 Å². The van der Waals surface area contributed by atoms with Crippen LogP contribution in [0.1, 0.15) is 67.5 Å². The van der Waals surface area contributed by atoms with Crippen LogP contribution in [0.5, 0.6) is 0 Å². The highest BCUT2D eigenvalue weighted by Crippen LogP contribution is 2.42. The molecule has 3 aromatic carbocycles. The SMILES string of the molecule is CC(C)(C)c1ccc(C2/C(=C(\O)c3ccc4c(c3)CCCC4)C(=O)C(=O)N2c2nc3ccc(F)cc3[nH]2)cc1. The maximum Gasteiger partial charge on any atom is 0.302 e. The highest BCUT2D eigenvalue weighted by molar-refractivity contribution is 6.51. The first-order valence-corrected chi connectivity index (χ1v) is 13.3. The number of rotatable bonds is 3. The van der Waals surface area contributed by atoms with Crippen LogP contribution in [0.4, 0.5) is 10.3 Å². The van der Waals surface area contributed by atoms with Crippen molar-refractivity contribution >= 4 is 34.4 Å². The smallest absolute Gasteiger partial charge is 0.302 e. The number of nitrogens with one attached hydrogen (secondary N) is 1. The third-order valence-electron chi connectivity index (χ3n) is 7.82. The highest BCUT2D eigenvalue weighted by Gasteiger charge is 2.48. The van der Waals surface area contributed by atoms with E-state index in [2.05, 4.69) is 30.7 Å². The van der Waals surface area contributed by atoms with Gasteiger partial charge in [0.15, 0.2) is 0 Å². The molecule has 1 aliphatic carbocycles. The topological polar surface area (TPSA) is 86.3 Å². The van der Waals surface area contributed by atoms with Crippen LogP contribution in [0.25, 0.3) is 16.8 Å². The largest absolute Gasteiger partial charge is 0.507 e. The number of aromatic nitrogens is 2. The van der Waals surface area contributed by atoms with Crippen molar-refractivity contribution in [3.05, 3.63) is 99.9 Å². The maximum atomic E-state index is 13.9. The van der Waals surface area contributed by atoms with Crippen molar-refractivity contribution in [3.63, 3.8) is 0 Å². The van der Waals surface area contributed by atoms with E-state index in [9.17, 15) is 19.1 Å². The first kappa shape index (κ1) is 25.0. The lowest BCUT2D eigenvalue weighted by molar-refractivity contribution is -0.132. The molecule has 1 atom stereocenters. The summed E-state index contributed by atoms with van der Waals surface area (Å²) in [7, 11) is 0. The third kappa shape index (κ3) is 4.32. The van der Waals surface area contributed by atoms with Gasteiger partial charge in [-0.3, -0.25) is 14.5 Å². The Bertz CT molecular complexity index is 1660. The second-order valence-corrected chi connectivity index (χ2v) is 11.5. The standard InChI is InChI=1S/C32H30FN3O3/c1-32(2,3)22-12-10-19(11-13-22)27-26(28(37)21-9-8-18-6-4-5-7-20(18)16-21)29(38)30(39)36(27)31-34-24-15-14-23(33)17-25(24)35-31/h8-17,27,37H,4-7H2,1-3H3,(H,34,35)/b28-26+. The molecule has 6 nitrogen and oxygen atoms in total. The summed E-state index contributed by atoms with van der Waals surface area (Å²) in [5.41, 5.74) is 5.46. The van der Waals surface area contributed by atoms with Crippen LogP contribution in [0, 0.1) is 5.82 Å². The van der Waals surface area contributed by atoms with Gasteiger partial charge in [0.1, 0.15) is 11.6 Å². The Labute approximate surface area is 226 Å². The van der Waals surface area contributed by atoms with E-state index in [-0.39, 0.29) is 22.7 Å². The first-order valence-electron chi connectivity index (χ1n) is 13.3. The minimum Gasteiger partial charge on any atom is -0.507 e. The van der Waals surface area contributed by atoms with Crippen LogP contribution in [-0.2, 0) is 27.8 Å². The molecule has 1 amide bonds. The Morgan fingerprint density at radius 2 is 1.69 bits per heavy atom. The number of nitrogens with zero attached hydrogens (tertiary/aromatic N) is 2. The zero-order chi connectivity index (χ0) is 27.5. The molecule has 1 saturated heterocycles. The normalized spacial score (nSPS) is 19.1. The van der Waals surface area contributed by atoms with Crippen LogP contribution in [-0.4, -0.2) is 26.8 Å². The number of imidazole rings is 1. The molecule has 2 N–H and O–H groups in total. The van der Waals surface area contributed by atoms with E-state index in [0.717, 1.165) is 36.8 Å². The Hall–Kier alpha value is -4.26.